The summed E-state index contributed by atoms with van der Waals surface area (Å²) in [5.74, 6) is 0. The molecule has 0 aliphatic heterocycles. The van der Waals surface area contributed by atoms with Gasteiger partial charge in [-0.25, -0.2) is 0 Å². The summed E-state index contributed by atoms with van der Waals surface area (Å²) in [5.41, 5.74) is 6.79. The van der Waals surface area contributed by atoms with E-state index in [9.17, 15) is 0 Å². The van der Waals surface area contributed by atoms with Gasteiger partial charge in [0.15, 0.2) is 0 Å². The van der Waals surface area contributed by atoms with Crippen molar-refractivity contribution in [2.75, 3.05) is 10.6 Å². The van der Waals surface area contributed by atoms with E-state index in [0.29, 0.717) is 0 Å². The predicted octanol–water partition coefficient (Wildman–Crippen LogP) is 9.15. The maximum Gasteiger partial charge on any atom is 0.0463 e. The van der Waals surface area contributed by atoms with Gasteiger partial charge < -0.3 is 10.6 Å². The van der Waals surface area contributed by atoms with Crippen LogP contribution in [0.15, 0.2) is 133 Å². The molecule has 162 valence electrons. The molecule has 0 unspecified atom stereocenters. The van der Waals surface area contributed by atoms with Crippen LogP contribution in [0, 0.1) is 0 Å². The molecule has 0 heterocycles. The molecule has 0 atom stereocenters. The van der Waals surface area contributed by atoms with E-state index in [0.717, 1.165) is 22.7 Å². The zero-order chi connectivity index (χ0) is 22.7. The molecule has 6 aromatic rings. The monoisotopic (exact) mass is 436 g/mol. The van der Waals surface area contributed by atoms with Gasteiger partial charge in [0.1, 0.15) is 0 Å². The third kappa shape index (κ3) is 3.98. The fourth-order valence-corrected chi connectivity index (χ4v) is 4.47. The van der Waals surface area contributed by atoms with Crippen LogP contribution in [0.2, 0.25) is 0 Å². The molecule has 0 aliphatic carbocycles. The Labute approximate surface area is 199 Å². The Kier molecular flexibility index (Phi) is 5.17. The van der Waals surface area contributed by atoms with E-state index >= 15 is 0 Å². The summed E-state index contributed by atoms with van der Waals surface area (Å²) < 4.78 is 0. The van der Waals surface area contributed by atoms with Gasteiger partial charge in [-0.3, -0.25) is 0 Å². The van der Waals surface area contributed by atoms with E-state index in [2.05, 4.69) is 144 Å². The lowest BCUT2D eigenvalue weighted by Crippen LogP contribution is -1.92. The molecule has 0 fully saturated rings. The smallest absolute Gasteiger partial charge is 0.0463 e. The minimum Gasteiger partial charge on any atom is -0.355 e. The van der Waals surface area contributed by atoms with Gasteiger partial charge in [-0.15, -0.1) is 0 Å². The predicted molar refractivity (Wildman–Crippen MR) is 146 cm³/mol. The molecule has 0 radical (unpaired) electrons. The van der Waals surface area contributed by atoms with Gasteiger partial charge in [0.2, 0.25) is 0 Å². The first-order chi connectivity index (χ1) is 16.8. The van der Waals surface area contributed by atoms with Gasteiger partial charge in [0, 0.05) is 33.5 Å². The normalized spacial score (nSPS) is 10.9. The van der Waals surface area contributed by atoms with Crippen LogP contribution in [0.1, 0.15) is 0 Å². The van der Waals surface area contributed by atoms with Crippen LogP contribution < -0.4 is 10.6 Å². The molecule has 0 amide bonds. The maximum atomic E-state index is 3.57. The molecule has 0 aliphatic rings. The van der Waals surface area contributed by atoms with Crippen molar-refractivity contribution < 1.29 is 0 Å². The Morgan fingerprint density at radius 1 is 0.324 bits per heavy atom. The van der Waals surface area contributed by atoms with E-state index < -0.39 is 0 Å². The largest absolute Gasteiger partial charge is 0.355 e. The highest BCUT2D eigenvalue weighted by Crippen LogP contribution is 2.30. The van der Waals surface area contributed by atoms with Gasteiger partial charge in [0.25, 0.3) is 0 Å². The van der Waals surface area contributed by atoms with Crippen LogP contribution in [0.3, 0.4) is 0 Å². The molecule has 0 aromatic heterocycles. The van der Waals surface area contributed by atoms with E-state index in [1.54, 1.807) is 0 Å². The summed E-state index contributed by atoms with van der Waals surface area (Å²) in [5, 5.41) is 12.1. The van der Waals surface area contributed by atoms with Crippen LogP contribution in [-0.4, -0.2) is 0 Å². The average Bonchev–Trinajstić information content (AvgIpc) is 2.90. The second kappa shape index (κ2) is 8.76. The molecule has 0 saturated carbocycles. The van der Waals surface area contributed by atoms with Gasteiger partial charge in [-0.1, -0.05) is 97.1 Å². The van der Waals surface area contributed by atoms with Crippen molar-refractivity contribution >= 4 is 44.3 Å². The van der Waals surface area contributed by atoms with Crippen molar-refractivity contribution in [2.24, 2.45) is 0 Å². The first-order valence-electron chi connectivity index (χ1n) is 11.5. The minimum absolute atomic E-state index is 1.08. The number of hydrogen-bond acceptors (Lipinski definition) is 2. The van der Waals surface area contributed by atoms with E-state index in [-0.39, 0.29) is 0 Å². The standard InChI is InChI=1S/C32H24N2/c1-3-11-29-25(7-1)9-5-13-31(29)33-27-19-15-23(16-20-27)24-17-21-28(22-18-24)34-32-14-6-10-26-8-2-4-12-30(26)32/h1-22,33-34H. The quantitative estimate of drug-likeness (QED) is 0.281. The zero-order valence-corrected chi connectivity index (χ0v) is 18.7. The molecule has 2 heteroatoms. The van der Waals surface area contributed by atoms with E-state index in [1.165, 1.54) is 32.7 Å². The fourth-order valence-electron chi connectivity index (χ4n) is 4.47. The Morgan fingerprint density at radius 3 is 1.15 bits per heavy atom. The highest BCUT2D eigenvalue weighted by Gasteiger charge is 2.04. The molecule has 0 spiro atoms. The van der Waals surface area contributed by atoms with Crippen molar-refractivity contribution in [2.45, 2.75) is 0 Å². The fraction of sp³-hybridized carbons (Fsp3) is 0. The lowest BCUT2D eigenvalue weighted by molar-refractivity contribution is 1.54. The summed E-state index contributed by atoms with van der Waals surface area (Å²) in [7, 11) is 0. The minimum atomic E-state index is 1.08. The van der Waals surface area contributed by atoms with Crippen LogP contribution >= 0.6 is 0 Å². The van der Waals surface area contributed by atoms with Gasteiger partial charge in [0.05, 0.1) is 0 Å². The first-order valence-corrected chi connectivity index (χ1v) is 11.5. The molecule has 6 aromatic carbocycles. The Bertz CT molecular complexity index is 1450. The van der Waals surface area contributed by atoms with Crippen LogP contribution in [-0.2, 0) is 0 Å². The van der Waals surface area contributed by atoms with Gasteiger partial charge >= 0.3 is 0 Å². The van der Waals surface area contributed by atoms with Gasteiger partial charge in [-0.05, 0) is 58.3 Å². The second-order valence-corrected chi connectivity index (χ2v) is 8.46. The summed E-state index contributed by atoms with van der Waals surface area (Å²) in [6.45, 7) is 0. The first kappa shape index (κ1) is 20.1. The van der Waals surface area contributed by atoms with Crippen LogP contribution in [0.4, 0.5) is 22.7 Å². The number of hydrogen-bond donors (Lipinski definition) is 2. The maximum absolute atomic E-state index is 3.57. The molecular formula is C32H24N2. The molecule has 2 nitrogen and oxygen atoms in total. The SMILES string of the molecule is c1ccc2c(Nc3ccc(-c4ccc(Nc5cccc6ccccc56)cc4)cc3)cccc2c1. The summed E-state index contributed by atoms with van der Waals surface area (Å²) in [4.78, 5) is 0. The van der Waals surface area contributed by atoms with E-state index in [1.807, 2.05) is 0 Å². The number of anilines is 4. The average molecular weight is 437 g/mol. The van der Waals surface area contributed by atoms with E-state index in [4.69, 9.17) is 0 Å². The van der Waals surface area contributed by atoms with Crippen molar-refractivity contribution in [1.29, 1.82) is 0 Å². The van der Waals surface area contributed by atoms with Crippen LogP contribution in [0.5, 0.6) is 0 Å². The van der Waals surface area contributed by atoms with Crippen molar-refractivity contribution in [1.82, 2.24) is 0 Å². The lowest BCUT2D eigenvalue weighted by Gasteiger charge is -2.12. The lowest BCUT2D eigenvalue weighted by atomic mass is 10.0. The zero-order valence-electron chi connectivity index (χ0n) is 18.7. The van der Waals surface area contributed by atoms with Crippen molar-refractivity contribution in [3.8, 4) is 11.1 Å². The molecule has 34 heavy (non-hydrogen) atoms. The highest BCUT2D eigenvalue weighted by molar-refractivity contribution is 5.96. The second-order valence-electron chi connectivity index (χ2n) is 8.46. The molecule has 6 rings (SSSR count). The number of fused-ring (bicyclic) bond motifs is 2. The number of nitrogens with one attached hydrogen (secondary N) is 2. The Morgan fingerprint density at radius 2 is 0.706 bits per heavy atom. The molecule has 2 N–H and O–H groups in total. The Balaban J connectivity index is 1.20. The topological polar surface area (TPSA) is 24.1 Å². The molecule has 0 saturated heterocycles. The van der Waals surface area contributed by atoms with Gasteiger partial charge in [-0.2, -0.15) is 0 Å². The summed E-state index contributed by atoms with van der Waals surface area (Å²) in [6.07, 6.45) is 0. The third-order valence-corrected chi connectivity index (χ3v) is 6.24. The number of benzene rings is 6. The van der Waals surface area contributed by atoms with Crippen molar-refractivity contribution in [3.05, 3.63) is 133 Å². The summed E-state index contributed by atoms with van der Waals surface area (Å²) in [6, 6.07) is 46.8. The number of rotatable bonds is 5. The Hall–Kier alpha value is -4.56. The summed E-state index contributed by atoms with van der Waals surface area (Å²) >= 11 is 0. The van der Waals surface area contributed by atoms with Crippen LogP contribution in [0.25, 0.3) is 32.7 Å². The molecule has 0 bridgehead atoms. The molecular weight excluding hydrogens is 412 g/mol. The van der Waals surface area contributed by atoms with Crippen molar-refractivity contribution in [3.63, 3.8) is 0 Å². The highest BCUT2D eigenvalue weighted by atomic mass is 14.9. The third-order valence-electron chi connectivity index (χ3n) is 6.24.